The summed E-state index contributed by atoms with van der Waals surface area (Å²) >= 11 is 0. The molecule has 33 heavy (non-hydrogen) atoms. The summed E-state index contributed by atoms with van der Waals surface area (Å²) in [5.74, 6) is -0.984. The third-order valence-corrected chi connectivity index (χ3v) is 4.68. The molecule has 0 saturated carbocycles. The lowest BCUT2D eigenvalue weighted by Gasteiger charge is -2.13. The fourth-order valence-electron chi connectivity index (χ4n) is 3.01. The second-order valence-corrected chi connectivity index (χ2v) is 6.99. The predicted octanol–water partition coefficient (Wildman–Crippen LogP) is 4.29. The maximum Gasteiger partial charge on any atom is 0.342 e. The molecule has 9 heteroatoms. The first kappa shape index (κ1) is 23.3. The molecule has 0 unspecified atom stereocenters. The number of para-hydroxylation sites is 1. The van der Waals surface area contributed by atoms with E-state index in [1.54, 1.807) is 31.2 Å². The van der Waals surface area contributed by atoms with Gasteiger partial charge in [-0.2, -0.15) is 0 Å². The van der Waals surface area contributed by atoms with Crippen molar-refractivity contribution in [2.24, 2.45) is 0 Å². The van der Waals surface area contributed by atoms with Crippen LogP contribution in [0, 0.1) is 17.0 Å². The summed E-state index contributed by atoms with van der Waals surface area (Å²) in [6.07, 6.45) is 0. The number of rotatable bonds is 9. The molecule has 0 saturated heterocycles. The second kappa shape index (κ2) is 10.8. The lowest BCUT2D eigenvalue weighted by Crippen LogP contribution is -2.21. The molecule has 0 heterocycles. The number of esters is 1. The van der Waals surface area contributed by atoms with Crippen LogP contribution in [0.5, 0.6) is 11.5 Å². The van der Waals surface area contributed by atoms with Crippen LogP contribution in [-0.4, -0.2) is 30.5 Å². The third-order valence-electron chi connectivity index (χ3n) is 4.68. The lowest BCUT2D eigenvalue weighted by atomic mass is 10.1. The van der Waals surface area contributed by atoms with Gasteiger partial charge in [0, 0.05) is 17.8 Å². The van der Waals surface area contributed by atoms with Gasteiger partial charge in [-0.05, 0) is 30.2 Å². The van der Waals surface area contributed by atoms with Crippen LogP contribution in [0.25, 0.3) is 0 Å². The van der Waals surface area contributed by atoms with Crippen LogP contribution < -0.4 is 14.8 Å². The highest BCUT2D eigenvalue weighted by atomic mass is 16.6. The Morgan fingerprint density at radius 2 is 1.70 bits per heavy atom. The standard InChI is InChI=1S/C24H22N2O7/c1-16-12-20(26(29)30)22(31-2)13-19(16)25-23(27)15-33-24(28)18-10-6-7-11-21(18)32-14-17-8-4-3-5-9-17/h3-13H,14-15H2,1-2H3,(H,25,27). The normalized spacial score (nSPS) is 10.2. The van der Waals surface area contributed by atoms with Crippen LogP contribution in [-0.2, 0) is 16.1 Å². The van der Waals surface area contributed by atoms with Crippen LogP contribution in [0.4, 0.5) is 11.4 Å². The highest BCUT2D eigenvalue weighted by Crippen LogP contribution is 2.32. The number of carbonyl (C=O) groups excluding carboxylic acids is 2. The average Bonchev–Trinajstić information content (AvgIpc) is 2.83. The van der Waals surface area contributed by atoms with Crippen molar-refractivity contribution in [3.8, 4) is 11.5 Å². The highest BCUT2D eigenvalue weighted by molar-refractivity contribution is 5.97. The summed E-state index contributed by atoms with van der Waals surface area (Å²) in [6.45, 7) is 1.33. The highest BCUT2D eigenvalue weighted by Gasteiger charge is 2.19. The number of nitrogens with zero attached hydrogens (tertiary/aromatic N) is 1. The van der Waals surface area contributed by atoms with Crippen molar-refractivity contribution >= 4 is 23.3 Å². The van der Waals surface area contributed by atoms with Gasteiger partial charge >= 0.3 is 11.7 Å². The number of aryl methyl sites for hydroxylation is 1. The Bertz CT molecular complexity index is 1160. The number of nitro groups is 1. The number of methoxy groups -OCH3 is 1. The Labute approximate surface area is 190 Å². The summed E-state index contributed by atoms with van der Waals surface area (Å²) in [7, 11) is 1.29. The minimum Gasteiger partial charge on any atom is -0.490 e. The van der Waals surface area contributed by atoms with E-state index in [2.05, 4.69) is 5.32 Å². The quantitative estimate of drug-likeness (QED) is 0.294. The first-order valence-corrected chi connectivity index (χ1v) is 9.94. The molecule has 0 atom stereocenters. The van der Waals surface area contributed by atoms with Crippen molar-refractivity contribution in [2.75, 3.05) is 19.0 Å². The summed E-state index contributed by atoms with van der Waals surface area (Å²) < 4.78 is 15.9. The van der Waals surface area contributed by atoms with E-state index < -0.39 is 23.4 Å². The van der Waals surface area contributed by atoms with Crippen LogP contribution >= 0.6 is 0 Å². The van der Waals surface area contributed by atoms with E-state index >= 15 is 0 Å². The first-order valence-electron chi connectivity index (χ1n) is 9.94. The number of nitro benzene ring substituents is 1. The zero-order valence-electron chi connectivity index (χ0n) is 18.1. The molecule has 0 spiro atoms. The molecule has 9 nitrogen and oxygen atoms in total. The molecule has 1 amide bonds. The van der Waals surface area contributed by atoms with E-state index in [4.69, 9.17) is 14.2 Å². The summed E-state index contributed by atoms with van der Waals surface area (Å²) in [4.78, 5) is 35.4. The molecule has 3 rings (SSSR count). The van der Waals surface area contributed by atoms with E-state index in [0.717, 1.165) is 5.56 Å². The maximum atomic E-state index is 12.5. The Morgan fingerprint density at radius 1 is 1.00 bits per heavy atom. The van der Waals surface area contributed by atoms with Gasteiger partial charge in [0.2, 0.25) is 0 Å². The van der Waals surface area contributed by atoms with E-state index in [1.165, 1.54) is 19.2 Å². The molecular formula is C24H22N2O7. The van der Waals surface area contributed by atoms with E-state index in [-0.39, 0.29) is 23.6 Å². The third kappa shape index (κ3) is 6.07. The Morgan fingerprint density at radius 3 is 2.39 bits per heavy atom. The fourth-order valence-corrected chi connectivity index (χ4v) is 3.01. The molecule has 1 N–H and O–H groups in total. The minimum atomic E-state index is -0.716. The molecule has 0 aliphatic rings. The number of carbonyl (C=O) groups is 2. The van der Waals surface area contributed by atoms with Gasteiger partial charge in [-0.25, -0.2) is 4.79 Å². The lowest BCUT2D eigenvalue weighted by molar-refractivity contribution is -0.385. The van der Waals surface area contributed by atoms with Gasteiger partial charge in [0.05, 0.1) is 12.0 Å². The van der Waals surface area contributed by atoms with Crippen molar-refractivity contribution in [3.05, 3.63) is 93.5 Å². The second-order valence-electron chi connectivity index (χ2n) is 6.99. The van der Waals surface area contributed by atoms with Crippen molar-refractivity contribution < 1.29 is 28.7 Å². The fraction of sp³-hybridized carbons (Fsp3) is 0.167. The zero-order chi connectivity index (χ0) is 23.8. The molecule has 3 aromatic carbocycles. The first-order chi connectivity index (χ1) is 15.9. The SMILES string of the molecule is COc1cc(NC(=O)COC(=O)c2ccccc2OCc2ccccc2)c(C)cc1[N+](=O)[O-]. The molecule has 170 valence electrons. The van der Waals surface area contributed by atoms with E-state index in [9.17, 15) is 19.7 Å². The van der Waals surface area contributed by atoms with Gasteiger partial charge < -0.3 is 19.5 Å². The van der Waals surface area contributed by atoms with Gasteiger partial charge in [0.25, 0.3) is 5.91 Å². The minimum absolute atomic E-state index is 0.00221. The molecular weight excluding hydrogens is 428 g/mol. The smallest absolute Gasteiger partial charge is 0.342 e. The summed E-state index contributed by atoms with van der Waals surface area (Å²) in [6, 6.07) is 18.7. The Hall–Kier alpha value is -4.40. The monoisotopic (exact) mass is 450 g/mol. The van der Waals surface area contributed by atoms with Gasteiger partial charge in [-0.1, -0.05) is 42.5 Å². The topological polar surface area (TPSA) is 117 Å². The van der Waals surface area contributed by atoms with Gasteiger partial charge in [0.1, 0.15) is 17.9 Å². The van der Waals surface area contributed by atoms with Crippen molar-refractivity contribution in [1.82, 2.24) is 0 Å². The maximum absolute atomic E-state index is 12.5. The van der Waals surface area contributed by atoms with Crippen LogP contribution in [0.1, 0.15) is 21.5 Å². The summed E-state index contributed by atoms with van der Waals surface area (Å²) in [5, 5.41) is 13.7. The Kier molecular flexibility index (Phi) is 7.59. The molecule has 0 radical (unpaired) electrons. The molecule has 0 bridgehead atoms. The summed E-state index contributed by atoms with van der Waals surface area (Å²) in [5.41, 5.74) is 1.68. The molecule has 0 fully saturated rings. The number of anilines is 1. The predicted molar refractivity (Wildman–Crippen MR) is 121 cm³/mol. The average molecular weight is 450 g/mol. The molecule has 0 aromatic heterocycles. The van der Waals surface area contributed by atoms with Gasteiger partial charge in [0.15, 0.2) is 12.4 Å². The zero-order valence-corrected chi connectivity index (χ0v) is 18.1. The molecule has 0 aliphatic carbocycles. The van der Waals surface area contributed by atoms with Gasteiger partial charge in [-0.3, -0.25) is 14.9 Å². The number of nitrogens with one attached hydrogen (secondary N) is 1. The number of benzene rings is 3. The van der Waals surface area contributed by atoms with Crippen LogP contribution in [0.15, 0.2) is 66.7 Å². The van der Waals surface area contributed by atoms with Gasteiger partial charge in [-0.15, -0.1) is 0 Å². The molecule has 0 aliphatic heterocycles. The molecule has 3 aromatic rings. The number of hydrogen-bond donors (Lipinski definition) is 1. The Balaban J connectivity index is 1.62. The van der Waals surface area contributed by atoms with Crippen LogP contribution in [0.2, 0.25) is 0 Å². The number of amides is 1. The van der Waals surface area contributed by atoms with Crippen molar-refractivity contribution in [1.29, 1.82) is 0 Å². The van der Waals surface area contributed by atoms with Crippen molar-refractivity contribution in [3.63, 3.8) is 0 Å². The number of hydrogen-bond acceptors (Lipinski definition) is 7. The van der Waals surface area contributed by atoms with E-state index in [1.807, 2.05) is 30.3 Å². The largest absolute Gasteiger partial charge is 0.490 e. The van der Waals surface area contributed by atoms with Crippen molar-refractivity contribution in [2.45, 2.75) is 13.5 Å². The van der Waals surface area contributed by atoms with Crippen LogP contribution in [0.3, 0.4) is 0 Å². The number of ether oxygens (including phenoxy) is 3. The van der Waals surface area contributed by atoms with E-state index in [0.29, 0.717) is 17.0 Å².